The molecule has 0 saturated carbocycles. The number of morpholine rings is 1. The van der Waals surface area contributed by atoms with Crippen LogP contribution in [0, 0.1) is 6.92 Å². The van der Waals surface area contributed by atoms with E-state index in [4.69, 9.17) is 9.47 Å². The average molecular weight is 566 g/mol. The number of carbonyl (C=O) groups is 1. The van der Waals surface area contributed by atoms with Crippen LogP contribution >= 0.6 is 0 Å². The number of rotatable bonds is 9. The van der Waals surface area contributed by atoms with E-state index in [9.17, 15) is 21.6 Å². The van der Waals surface area contributed by atoms with Crippen molar-refractivity contribution in [1.29, 1.82) is 0 Å². The van der Waals surface area contributed by atoms with Gasteiger partial charge >= 0.3 is 0 Å². The van der Waals surface area contributed by atoms with E-state index in [0.29, 0.717) is 56.3 Å². The Balaban J connectivity index is 1.32. The fraction of sp³-hybridized carbons (Fsp3) is 0.500. The zero-order valence-corrected chi connectivity index (χ0v) is 23.2. The lowest BCUT2D eigenvalue weighted by Gasteiger charge is -2.26. The molecule has 2 aromatic carbocycles. The summed E-state index contributed by atoms with van der Waals surface area (Å²) in [5.41, 5.74) is 0.980. The summed E-state index contributed by atoms with van der Waals surface area (Å²) in [6, 6.07) is 10.8. The number of hydrogen-bond acceptors (Lipinski definition) is 7. The van der Waals surface area contributed by atoms with Crippen LogP contribution in [0.15, 0.2) is 52.3 Å². The number of carbonyl (C=O) groups excluding carboxylic acids is 1. The van der Waals surface area contributed by atoms with Crippen LogP contribution in [0.3, 0.4) is 0 Å². The molecule has 1 amide bonds. The lowest BCUT2D eigenvalue weighted by atomic mass is 10.1. The van der Waals surface area contributed by atoms with Gasteiger partial charge in [-0.3, -0.25) is 4.79 Å². The fourth-order valence-corrected chi connectivity index (χ4v) is 7.46. The van der Waals surface area contributed by atoms with Crippen molar-refractivity contribution < 1.29 is 31.1 Å². The van der Waals surface area contributed by atoms with Gasteiger partial charge in [0, 0.05) is 31.7 Å². The highest BCUT2D eigenvalue weighted by Crippen LogP contribution is 2.23. The van der Waals surface area contributed by atoms with Crippen molar-refractivity contribution in [2.75, 3.05) is 52.5 Å². The van der Waals surface area contributed by atoms with Crippen molar-refractivity contribution in [3.63, 3.8) is 0 Å². The second kappa shape index (κ2) is 12.6. The molecule has 4 rings (SSSR count). The van der Waals surface area contributed by atoms with Crippen molar-refractivity contribution in [2.45, 2.75) is 42.4 Å². The van der Waals surface area contributed by atoms with Crippen LogP contribution in [0.5, 0.6) is 5.75 Å². The molecule has 10 nitrogen and oxygen atoms in total. The van der Waals surface area contributed by atoms with Gasteiger partial charge in [-0.2, -0.15) is 8.61 Å². The van der Waals surface area contributed by atoms with Gasteiger partial charge in [-0.1, -0.05) is 18.9 Å². The summed E-state index contributed by atoms with van der Waals surface area (Å²) in [5, 5.41) is 2.77. The topological polar surface area (TPSA) is 122 Å². The van der Waals surface area contributed by atoms with E-state index >= 15 is 0 Å². The zero-order chi connectivity index (χ0) is 27.2. The third-order valence-corrected chi connectivity index (χ3v) is 10.6. The Bertz CT molecular complexity index is 1320. The predicted molar refractivity (Wildman–Crippen MR) is 142 cm³/mol. The summed E-state index contributed by atoms with van der Waals surface area (Å²) in [6.45, 7) is 4.51. The van der Waals surface area contributed by atoms with Crippen LogP contribution in [0.1, 0.15) is 41.6 Å². The molecule has 0 radical (unpaired) electrons. The monoisotopic (exact) mass is 565 g/mol. The maximum atomic E-state index is 13.1. The normalized spacial score (nSPS) is 18.0. The standard InChI is InChI=1S/C26H35N3O7S2/c1-21-6-9-24(38(33,34)28-13-4-2-3-5-14-28)20-25(21)26(30)27-12-17-36-22-7-10-23(11-8-22)37(31,32)29-15-18-35-19-16-29/h6-11,20H,2-5,12-19H2,1H3,(H,27,30). The molecular formula is C26H35N3O7S2. The molecule has 2 aliphatic heterocycles. The highest BCUT2D eigenvalue weighted by atomic mass is 32.2. The Morgan fingerprint density at radius 2 is 1.42 bits per heavy atom. The Labute approximate surface area is 225 Å². The molecule has 12 heteroatoms. The molecule has 208 valence electrons. The predicted octanol–water partition coefficient (Wildman–Crippen LogP) is 2.39. The lowest BCUT2D eigenvalue weighted by molar-refractivity contribution is 0.0730. The Morgan fingerprint density at radius 1 is 0.842 bits per heavy atom. The van der Waals surface area contributed by atoms with E-state index in [-0.39, 0.29) is 28.8 Å². The van der Waals surface area contributed by atoms with Crippen molar-refractivity contribution in [2.24, 2.45) is 0 Å². The quantitative estimate of drug-likeness (QED) is 0.463. The molecule has 0 unspecified atom stereocenters. The smallest absolute Gasteiger partial charge is 0.251 e. The van der Waals surface area contributed by atoms with Crippen LogP contribution in [0.2, 0.25) is 0 Å². The first-order valence-electron chi connectivity index (χ1n) is 12.9. The highest BCUT2D eigenvalue weighted by Gasteiger charge is 2.27. The number of benzene rings is 2. The average Bonchev–Trinajstić information content (AvgIpc) is 3.22. The minimum atomic E-state index is -3.66. The summed E-state index contributed by atoms with van der Waals surface area (Å²) >= 11 is 0. The fourth-order valence-electron chi connectivity index (χ4n) is 4.51. The van der Waals surface area contributed by atoms with Crippen molar-refractivity contribution in [1.82, 2.24) is 13.9 Å². The van der Waals surface area contributed by atoms with E-state index in [1.54, 1.807) is 31.2 Å². The number of hydrogen-bond donors (Lipinski definition) is 1. The molecule has 38 heavy (non-hydrogen) atoms. The molecular weight excluding hydrogens is 530 g/mol. The molecule has 2 aliphatic rings. The molecule has 2 saturated heterocycles. The first-order chi connectivity index (χ1) is 18.2. The number of amides is 1. The Hall–Kier alpha value is -2.51. The third-order valence-electron chi connectivity index (χ3n) is 6.74. The van der Waals surface area contributed by atoms with Gasteiger partial charge in [-0.05, 0) is 61.7 Å². The number of ether oxygens (including phenoxy) is 2. The molecule has 0 aliphatic carbocycles. The molecule has 0 bridgehead atoms. The van der Waals surface area contributed by atoms with Crippen LogP contribution in [0.4, 0.5) is 0 Å². The van der Waals surface area contributed by atoms with Gasteiger partial charge in [0.1, 0.15) is 12.4 Å². The van der Waals surface area contributed by atoms with E-state index in [2.05, 4.69) is 5.32 Å². The molecule has 2 fully saturated rings. The van der Waals surface area contributed by atoms with Crippen molar-refractivity contribution >= 4 is 26.0 Å². The summed E-state index contributed by atoms with van der Waals surface area (Å²) in [5.74, 6) is 0.0906. The maximum Gasteiger partial charge on any atom is 0.251 e. The summed E-state index contributed by atoms with van der Waals surface area (Å²) < 4.78 is 65.5. The Morgan fingerprint density at radius 3 is 2.08 bits per heavy atom. The molecule has 0 atom stereocenters. The number of nitrogens with one attached hydrogen (secondary N) is 1. The van der Waals surface area contributed by atoms with Gasteiger partial charge in [-0.15, -0.1) is 0 Å². The second-order valence-electron chi connectivity index (χ2n) is 9.39. The van der Waals surface area contributed by atoms with Crippen LogP contribution < -0.4 is 10.1 Å². The van der Waals surface area contributed by atoms with E-state index in [1.165, 1.54) is 26.8 Å². The van der Waals surface area contributed by atoms with Crippen molar-refractivity contribution in [3.05, 3.63) is 53.6 Å². The molecule has 0 aromatic heterocycles. The van der Waals surface area contributed by atoms with Gasteiger partial charge in [-0.25, -0.2) is 16.8 Å². The van der Waals surface area contributed by atoms with Gasteiger partial charge in [0.2, 0.25) is 20.0 Å². The van der Waals surface area contributed by atoms with Crippen LogP contribution in [-0.4, -0.2) is 83.9 Å². The van der Waals surface area contributed by atoms with Gasteiger partial charge in [0.05, 0.1) is 29.5 Å². The van der Waals surface area contributed by atoms with Crippen LogP contribution in [-0.2, 0) is 24.8 Å². The third kappa shape index (κ3) is 6.73. The van der Waals surface area contributed by atoms with Gasteiger partial charge in [0.15, 0.2) is 0 Å². The lowest BCUT2D eigenvalue weighted by Crippen LogP contribution is -2.40. The Kier molecular flexibility index (Phi) is 9.42. The number of sulfonamides is 2. The van der Waals surface area contributed by atoms with E-state index < -0.39 is 20.0 Å². The SMILES string of the molecule is Cc1ccc(S(=O)(=O)N2CCCCCC2)cc1C(=O)NCCOc1ccc(S(=O)(=O)N2CCOCC2)cc1. The number of aryl methyl sites for hydroxylation is 1. The van der Waals surface area contributed by atoms with E-state index in [0.717, 1.165) is 25.7 Å². The molecule has 2 heterocycles. The van der Waals surface area contributed by atoms with Gasteiger partial charge < -0.3 is 14.8 Å². The molecule has 0 spiro atoms. The molecule has 1 N–H and O–H groups in total. The molecule has 2 aromatic rings. The van der Waals surface area contributed by atoms with E-state index in [1.807, 2.05) is 0 Å². The minimum absolute atomic E-state index is 0.124. The summed E-state index contributed by atoms with van der Waals surface area (Å²) in [6.07, 6.45) is 3.72. The summed E-state index contributed by atoms with van der Waals surface area (Å²) in [4.78, 5) is 13.1. The first-order valence-corrected chi connectivity index (χ1v) is 15.8. The highest BCUT2D eigenvalue weighted by molar-refractivity contribution is 7.89. The zero-order valence-electron chi connectivity index (χ0n) is 21.6. The minimum Gasteiger partial charge on any atom is -0.492 e. The second-order valence-corrected chi connectivity index (χ2v) is 13.3. The first kappa shape index (κ1) is 28.5. The largest absolute Gasteiger partial charge is 0.492 e. The number of nitrogens with zero attached hydrogens (tertiary/aromatic N) is 2. The maximum absolute atomic E-state index is 13.1. The van der Waals surface area contributed by atoms with Crippen LogP contribution in [0.25, 0.3) is 0 Å². The summed E-state index contributed by atoms with van der Waals surface area (Å²) in [7, 11) is -7.24. The van der Waals surface area contributed by atoms with Crippen molar-refractivity contribution in [3.8, 4) is 5.75 Å². The van der Waals surface area contributed by atoms with Gasteiger partial charge in [0.25, 0.3) is 5.91 Å².